The average Bonchev–Trinajstić information content (AvgIpc) is 3.00. The lowest BCUT2D eigenvalue weighted by Crippen LogP contribution is -2.44. The summed E-state index contributed by atoms with van der Waals surface area (Å²) in [7, 11) is 1.04. The van der Waals surface area contributed by atoms with E-state index in [4.69, 9.17) is 13.9 Å². The lowest BCUT2D eigenvalue weighted by atomic mass is 9.82. The summed E-state index contributed by atoms with van der Waals surface area (Å²) in [5.41, 5.74) is 5.06. The molecule has 1 unspecified atom stereocenters. The van der Waals surface area contributed by atoms with Crippen molar-refractivity contribution in [1.29, 1.82) is 0 Å². The van der Waals surface area contributed by atoms with Gasteiger partial charge in [-0.15, -0.1) is 0 Å². The molecule has 0 saturated carbocycles. The molecule has 0 fully saturated rings. The molecule has 1 aliphatic rings. The number of carbonyl (C=O) groups is 2. The van der Waals surface area contributed by atoms with E-state index in [0.717, 1.165) is 42.7 Å². The van der Waals surface area contributed by atoms with Gasteiger partial charge in [0.15, 0.2) is 11.5 Å². The van der Waals surface area contributed by atoms with E-state index in [1.54, 1.807) is 20.3 Å². The lowest BCUT2D eigenvalue weighted by Gasteiger charge is -2.37. The molecule has 1 aliphatic carbocycles. The van der Waals surface area contributed by atoms with Crippen molar-refractivity contribution < 1.29 is 23.5 Å². The standard InChI is InChI=1S/C37H50N2O5Si/c1-24(2)26-15-17-27(18-16-26)35(40)39-34-30(11-10-12-31(34)44-45(8,9)37(3,4)5)36(41)38-20-19-25-13-14-28-22-32(42-6)33(43-7)23-29(28)21-25/h10-12,15-18,22-25H,13-14,19-21H2,1-9H3,(H,38,41)(H,39,40). The van der Waals surface area contributed by atoms with Crippen molar-refractivity contribution in [3.8, 4) is 17.2 Å². The van der Waals surface area contributed by atoms with Crippen LogP contribution in [0.5, 0.6) is 17.2 Å². The van der Waals surface area contributed by atoms with Gasteiger partial charge in [0.2, 0.25) is 0 Å². The summed E-state index contributed by atoms with van der Waals surface area (Å²) in [6, 6.07) is 17.2. The molecule has 1 atom stereocenters. The number of amides is 2. The molecular weight excluding hydrogens is 581 g/mol. The minimum atomic E-state index is -2.28. The molecule has 8 heteroatoms. The van der Waals surface area contributed by atoms with Crippen LogP contribution >= 0.6 is 0 Å². The molecule has 0 saturated heterocycles. The average molecular weight is 631 g/mol. The summed E-state index contributed by atoms with van der Waals surface area (Å²) in [4.78, 5) is 27.2. The molecule has 7 nitrogen and oxygen atoms in total. The molecule has 2 amide bonds. The van der Waals surface area contributed by atoms with Crippen LogP contribution in [0.2, 0.25) is 18.1 Å². The number of carbonyl (C=O) groups excluding carboxylic acids is 2. The van der Waals surface area contributed by atoms with Crippen LogP contribution in [-0.4, -0.2) is 40.9 Å². The maximum atomic E-state index is 13.7. The first-order valence-electron chi connectivity index (χ1n) is 16.0. The van der Waals surface area contributed by atoms with Crippen LogP contribution in [0.25, 0.3) is 0 Å². The summed E-state index contributed by atoms with van der Waals surface area (Å²) in [5.74, 6) is 2.33. The van der Waals surface area contributed by atoms with Gasteiger partial charge in [0, 0.05) is 12.1 Å². The highest BCUT2D eigenvalue weighted by molar-refractivity contribution is 6.74. The number of aryl methyl sites for hydroxylation is 1. The highest BCUT2D eigenvalue weighted by Crippen LogP contribution is 2.41. The molecule has 45 heavy (non-hydrogen) atoms. The SMILES string of the molecule is COc1cc2c(cc1OC)CC(CCNC(=O)c1cccc(O[Si](C)(C)C(C)(C)C)c1NC(=O)c1ccc(C(C)C)cc1)CC2. The Balaban J connectivity index is 1.52. The van der Waals surface area contributed by atoms with Gasteiger partial charge in [0.05, 0.1) is 25.5 Å². The normalized spacial score (nSPS) is 14.8. The highest BCUT2D eigenvalue weighted by atomic mass is 28.4. The van der Waals surface area contributed by atoms with Gasteiger partial charge < -0.3 is 24.5 Å². The van der Waals surface area contributed by atoms with E-state index in [9.17, 15) is 9.59 Å². The Morgan fingerprint density at radius 2 is 1.56 bits per heavy atom. The molecule has 3 aromatic carbocycles. The Morgan fingerprint density at radius 3 is 2.16 bits per heavy atom. The highest BCUT2D eigenvalue weighted by Gasteiger charge is 2.40. The summed E-state index contributed by atoms with van der Waals surface area (Å²) < 4.78 is 17.7. The molecule has 2 N–H and O–H groups in total. The van der Waals surface area contributed by atoms with Crippen molar-refractivity contribution in [3.63, 3.8) is 0 Å². The summed E-state index contributed by atoms with van der Waals surface area (Å²) in [5, 5.41) is 6.11. The van der Waals surface area contributed by atoms with Crippen molar-refractivity contribution >= 4 is 25.8 Å². The number of hydrogen-bond donors (Lipinski definition) is 2. The zero-order valence-electron chi connectivity index (χ0n) is 28.4. The number of methoxy groups -OCH3 is 2. The second-order valence-electron chi connectivity index (χ2n) is 13.9. The number of fused-ring (bicyclic) bond motifs is 1. The van der Waals surface area contributed by atoms with E-state index < -0.39 is 8.32 Å². The van der Waals surface area contributed by atoms with Gasteiger partial charge in [0.1, 0.15) is 5.75 Å². The molecule has 0 aromatic heterocycles. The van der Waals surface area contributed by atoms with E-state index in [-0.39, 0.29) is 16.9 Å². The van der Waals surface area contributed by atoms with Crippen molar-refractivity contribution in [1.82, 2.24) is 5.32 Å². The van der Waals surface area contributed by atoms with Gasteiger partial charge in [-0.1, -0.05) is 52.8 Å². The van der Waals surface area contributed by atoms with Gasteiger partial charge in [-0.25, -0.2) is 0 Å². The van der Waals surface area contributed by atoms with Crippen LogP contribution in [0.1, 0.15) is 90.8 Å². The molecule has 0 heterocycles. The number of para-hydroxylation sites is 1. The van der Waals surface area contributed by atoms with E-state index in [2.05, 4.69) is 70.5 Å². The molecule has 4 rings (SSSR count). The Labute approximate surface area is 270 Å². The number of rotatable bonds is 11. The second-order valence-corrected chi connectivity index (χ2v) is 18.6. The van der Waals surface area contributed by atoms with Crippen molar-refractivity contribution in [2.75, 3.05) is 26.1 Å². The molecular formula is C37H50N2O5Si. The summed E-state index contributed by atoms with van der Waals surface area (Å²) in [6.07, 6.45) is 3.79. The number of benzene rings is 3. The van der Waals surface area contributed by atoms with Crippen LogP contribution in [0.4, 0.5) is 5.69 Å². The third-order valence-corrected chi connectivity index (χ3v) is 13.7. The first-order valence-corrected chi connectivity index (χ1v) is 18.9. The first-order chi connectivity index (χ1) is 21.2. The first kappa shape index (κ1) is 34.1. The summed E-state index contributed by atoms with van der Waals surface area (Å²) in [6.45, 7) is 15.6. The zero-order valence-corrected chi connectivity index (χ0v) is 29.4. The monoisotopic (exact) mass is 630 g/mol. The van der Waals surface area contributed by atoms with Crippen LogP contribution in [0, 0.1) is 5.92 Å². The Kier molecular flexibility index (Phi) is 10.7. The van der Waals surface area contributed by atoms with E-state index in [0.29, 0.717) is 40.9 Å². The number of anilines is 1. The zero-order chi connectivity index (χ0) is 32.9. The molecule has 3 aromatic rings. The fourth-order valence-electron chi connectivity index (χ4n) is 5.46. The van der Waals surface area contributed by atoms with Gasteiger partial charge in [-0.2, -0.15) is 0 Å². The fourth-order valence-corrected chi connectivity index (χ4v) is 6.48. The minimum Gasteiger partial charge on any atom is -0.542 e. The predicted octanol–water partition coefficient (Wildman–Crippen LogP) is 8.39. The lowest BCUT2D eigenvalue weighted by molar-refractivity contribution is 0.0951. The van der Waals surface area contributed by atoms with Crippen LogP contribution in [0.15, 0.2) is 54.6 Å². The molecule has 0 radical (unpaired) electrons. The molecule has 0 spiro atoms. The molecule has 0 aliphatic heterocycles. The second kappa shape index (κ2) is 14.1. The fraction of sp³-hybridized carbons (Fsp3) is 0.459. The third-order valence-electron chi connectivity index (χ3n) is 9.39. The Morgan fingerprint density at radius 1 is 0.911 bits per heavy atom. The third kappa shape index (κ3) is 8.09. The minimum absolute atomic E-state index is 0.0625. The summed E-state index contributed by atoms with van der Waals surface area (Å²) >= 11 is 0. The van der Waals surface area contributed by atoms with Crippen molar-refractivity contribution in [3.05, 3.63) is 82.4 Å². The van der Waals surface area contributed by atoms with Gasteiger partial charge >= 0.3 is 0 Å². The van der Waals surface area contributed by atoms with Gasteiger partial charge in [-0.3, -0.25) is 9.59 Å². The van der Waals surface area contributed by atoms with Crippen LogP contribution in [0.3, 0.4) is 0 Å². The number of hydrogen-bond acceptors (Lipinski definition) is 5. The van der Waals surface area contributed by atoms with Gasteiger partial charge in [-0.05, 0) is 109 Å². The smallest absolute Gasteiger partial charge is 0.255 e. The molecule has 0 bridgehead atoms. The predicted molar refractivity (Wildman–Crippen MR) is 185 cm³/mol. The van der Waals surface area contributed by atoms with Gasteiger partial charge in [0.25, 0.3) is 20.1 Å². The van der Waals surface area contributed by atoms with Crippen LogP contribution < -0.4 is 24.5 Å². The molecule has 242 valence electrons. The quantitative estimate of drug-likeness (QED) is 0.208. The topological polar surface area (TPSA) is 85.9 Å². The van der Waals surface area contributed by atoms with Crippen LogP contribution in [-0.2, 0) is 12.8 Å². The Bertz CT molecular complexity index is 1510. The maximum absolute atomic E-state index is 13.7. The maximum Gasteiger partial charge on any atom is 0.255 e. The Hall–Kier alpha value is -3.78. The van der Waals surface area contributed by atoms with E-state index in [1.807, 2.05) is 36.4 Å². The van der Waals surface area contributed by atoms with E-state index >= 15 is 0 Å². The number of nitrogens with one attached hydrogen (secondary N) is 2. The van der Waals surface area contributed by atoms with E-state index in [1.165, 1.54) is 11.1 Å². The largest absolute Gasteiger partial charge is 0.542 e. The number of ether oxygens (including phenoxy) is 2. The van der Waals surface area contributed by atoms with Crippen molar-refractivity contribution in [2.45, 2.75) is 84.4 Å². The van der Waals surface area contributed by atoms with Crippen molar-refractivity contribution in [2.24, 2.45) is 5.92 Å².